The summed E-state index contributed by atoms with van der Waals surface area (Å²) in [7, 11) is 0. The molecule has 14 heavy (non-hydrogen) atoms. The van der Waals surface area contributed by atoms with E-state index in [2.05, 4.69) is 15.9 Å². The minimum absolute atomic E-state index is 0.0544. The van der Waals surface area contributed by atoms with E-state index in [1.807, 2.05) is 0 Å². The Labute approximate surface area is 88.2 Å². The van der Waals surface area contributed by atoms with Gasteiger partial charge in [0.15, 0.2) is 5.78 Å². The number of benzene rings is 1. The number of nitrogens with two attached hydrogens (primary N) is 1. The second-order valence-corrected chi connectivity index (χ2v) is 3.70. The van der Waals surface area contributed by atoms with Crippen molar-refractivity contribution >= 4 is 21.7 Å². The molecule has 1 atom stereocenters. The third-order valence-corrected chi connectivity index (χ3v) is 2.48. The standard InChI is InChI=1S/C9H8BrF2NO/c1-4(13)9(14)6-2-5(11)3-7(12)8(6)10/h2-4H,13H2,1H3. The molecule has 0 aliphatic rings. The number of hydrogen-bond acceptors (Lipinski definition) is 2. The Hall–Kier alpha value is -0.810. The average Bonchev–Trinajstić information content (AvgIpc) is 2.09. The van der Waals surface area contributed by atoms with Gasteiger partial charge in [0.05, 0.1) is 10.5 Å². The summed E-state index contributed by atoms with van der Waals surface area (Å²) >= 11 is 2.87. The minimum atomic E-state index is -0.811. The highest BCUT2D eigenvalue weighted by atomic mass is 79.9. The Bertz CT molecular complexity index is 379. The molecule has 5 heteroatoms. The van der Waals surface area contributed by atoms with Crippen LogP contribution in [0.1, 0.15) is 17.3 Å². The highest BCUT2D eigenvalue weighted by Gasteiger charge is 2.18. The molecule has 1 aromatic carbocycles. The highest BCUT2D eigenvalue weighted by molar-refractivity contribution is 9.10. The summed E-state index contributed by atoms with van der Waals surface area (Å²) in [4.78, 5) is 11.4. The smallest absolute Gasteiger partial charge is 0.180 e. The highest BCUT2D eigenvalue weighted by Crippen LogP contribution is 2.23. The molecule has 0 radical (unpaired) electrons. The first kappa shape index (κ1) is 11.3. The van der Waals surface area contributed by atoms with E-state index in [1.165, 1.54) is 6.92 Å². The van der Waals surface area contributed by atoms with Gasteiger partial charge in [0.1, 0.15) is 11.6 Å². The molecule has 0 aromatic heterocycles. The molecule has 0 saturated heterocycles. The summed E-state index contributed by atoms with van der Waals surface area (Å²) in [6.45, 7) is 1.46. The maximum Gasteiger partial charge on any atom is 0.180 e. The van der Waals surface area contributed by atoms with Crippen molar-refractivity contribution in [3.8, 4) is 0 Å². The Morgan fingerprint density at radius 2 is 2.07 bits per heavy atom. The van der Waals surface area contributed by atoms with Crippen molar-refractivity contribution in [3.63, 3.8) is 0 Å². The molecule has 76 valence electrons. The Balaban J connectivity index is 3.27. The fourth-order valence-electron chi connectivity index (χ4n) is 0.981. The zero-order valence-electron chi connectivity index (χ0n) is 7.35. The van der Waals surface area contributed by atoms with Crippen molar-refractivity contribution in [3.05, 3.63) is 33.8 Å². The van der Waals surface area contributed by atoms with Crippen LogP contribution in [-0.4, -0.2) is 11.8 Å². The van der Waals surface area contributed by atoms with Crippen molar-refractivity contribution in [2.24, 2.45) is 5.73 Å². The van der Waals surface area contributed by atoms with E-state index in [0.29, 0.717) is 6.07 Å². The van der Waals surface area contributed by atoms with Gasteiger partial charge in [0.2, 0.25) is 0 Å². The van der Waals surface area contributed by atoms with Crippen LogP contribution in [0.2, 0.25) is 0 Å². The second-order valence-electron chi connectivity index (χ2n) is 2.90. The Morgan fingerprint density at radius 1 is 1.50 bits per heavy atom. The number of carbonyl (C=O) groups excluding carboxylic acids is 1. The SMILES string of the molecule is CC(N)C(=O)c1cc(F)cc(F)c1Br. The molecule has 1 aromatic rings. The minimum Gasteiger partial charge on any atom is -0.321 e. The lowest BCUT2D eigenvalue weighted by Gasteiger charge is -2.07. The van der Waals surface area contributed by atoms with Crippen molar-refractivity contribution < 1.29 is 13.6 Å². The van der Waals surface area contributed by atoms with Crippen LogP contribution in [0.25, 0.3) is 0 Å². The van der Waals surface area contributed by atoms with E-state index in [-0.39, 0.29) is 10.0 Å². The van der Waals surface area contributed by atoms with Crippen molar-refractivity contribution in [2.45, 2.75) is 13.0 Å². The molecule has 0 amide bonds. The van der Waals surface area contributed by atoms with Crippen LogP contribution < -0.4 is 5.73 Å². The Kier molecular flexibility index (Phi) is 3.34. The van der Waals surface area contributed by atoms with Crippen LogP contribution in [0, 0.1) is 11.6 Å². The van der Waals surface area contributed by atoms with Gasteiger partial charge in [-0.25, -0.2) is 8.78 Å². The largest absolute Gasteiger partial charge is 0.321 e. The van der Waals surface area contributed by atoms with E-state index in [9.17, 15) is 13.6 Å². The fourth-order valence-corrected chi connectivity index (χ4v) is 1.40. The lowest BCUT2D eigenvalue weighted by atomic mass is 10.1. The van der Waals surface area contributed by atoms with Crippen LogP contribution in [0.3, 0.4) is 0 Å². The molecule has 2 N–H and O–H groups in total. The first-order chi connectivity index (χ1) is 6.43. The molecule has 0 heterocycles. The van der Waals surface area contributed by atoms with Gasteiger partial charge in [-0.2, -0.15) is 0 Å². The Morgan fingerprint density at radius 3 is 2.57 bits per heavy atom. The predicted molar refractivity (Wildman–Crippen MR) is 52.0 cm³/mol. The summed E-state index contributed by atoms with van der Waals surface area (Å²) in [5, 5.41) is 0. The maximum atomic E-state index is 13.0. The van der Waals surface area contributed by atoms with Crippen molar-refractivity contribution in [1.29, 1.82) is 0 Å². The number of ketones is 1. The second kappa shape index (κ2) is 4.14. The third-order valence-electron chi connectivity index (χ3n) is 1.67. The molecule has 1 rings (SSSR count). The summed E-state index contributed by atoms with van der Waals surface area (Å²) < 4.78 is 25.7. The summed E-state index contributed by atoms with van der Waals surface area (Å²) in [5.41, 5.74) is 5.25. The molecule has 0 fully saturated rings. The number of carbonyl (C=O) groups is 1. The van der Waals surface area contributed by atoms with E-state index in [4.69, 9.17) is 5.73 Å². The molecular weight excluding hydrogens is 256 g/mol. The normalized spacial score (nSPS) is 12.6. The van der Waals surface area contributed by atoms with Gasteiger partial charge in [0, 0.05) is 11.6 Å². The van der Waals surface area contributed by atoms with Gasteiger partial charge in [-0.3, -0.25) is 4.79 Å². The molecule has 0 saturated carbocycles. The van der Waals surface area contributed by atoms with Crippen molar-refractivity contribution in [1.82, 2.24) is 0 Å². The third kappa shape index (κ3) is 2.16. The van der Waals surface area contributed by atoms with E-state index in [0.717, 1.165) is 6.07 Å². The molecule has 1 unspecified atom stereocenters. The monoisotopic (exact) mass is 263 g/mol. The van der Waals surface area contributed by atoms with E-state index in [1.54, 1.807) is 0 Å². The van der Waals surface area contributed by atoms with Gasteiger partial charge in [0.25, 0.3) is 0 Å². The zero-order chi connectivity index (χ0) is 10.9. The zero-order valence-corrected chi connectivity index (χ0v) is 8.94. The van der Waals surface area contributed by atoms with Crippen LogP contribution in [-0.2, 0) is 0 Å². The summed E-state index contributed by atoms with van der Waals surface area (Å²) in [6.07, 6.45) is 0. The lowest BCUT2D eigenvalue weighted by Crippen LogP contribution is -2.27. The van der Waals surface area contributed by atoms with Gasteiger partial charge >= 0.3 is 0 Å². The van der Waals surface area contributed by atoms with Gasteiger partial charge in [-0.05, 0) is 28.9 Å². The van der Waals surface area contributed by atoms with Crippen LogP contribution in [0.15, 0.2) is 16.6 Å². The predicted octanol–water partition coefficient (Wildman–Crippen LogP) is 2.26. The molecule has 2 nitrogen and oxygen atoms in total. The number of halogens is 3. The van der Waals surface area contributed by atoms with Gasteiger partial charge < -0.3 is 5.73 Å². The van der Waals surface area contributed by atoms with Crippen LogP contribution in [0.4, 0.5) is 8.78 Å². The van der Waals surface area contributed by atoms with Crippen molar-refractivity contribution in [2.75, 3.05) is 0 Å². The first-order valence-corrected chi connectivity index (χ1v) is 4.67. The summed E-state index contributed by atoms with van der Waals surface area (Å²) in [5.74, 6) is -2.11. The van der Waals surface area contributed by atoms with Gasteiger partial charge in [-0.1, -0.05) is 0 Å². The molecular formula is C9H8BrF2NO. The maximum absolute atomic E-state index is 13.0. The fraction of sp³-hybridized carbons (Fsp3) is 0.222. The molecule has 0 aliphatic carbocycles. The van der Waals surface area contributed by atoms with E-state index >= 15 is 0 Å². The summed E-state index contributed by atoms with van der Waals surface area (Å²) in [6, 6.07) is 0.869. The van der Waals surface area contributed by atoms with E-state index < -0.39 is 23.5 Å². The van der Waals surface area contributed by atoms with Gasteiger partial charge in [-0.15, -0.1) is 0 Å². The average molecular weight is 264 g/mol. The van der Waals surface area contributed by atoms with Crippen LogP contribution >= 0.6 is 15.9 Å². The van der Waals surface area contributed by atoms with Crippen LogP contribution in [0.5, 0.6) is 0 Å². The quantitative estimate of drug-likeness (QED) is 0.657. The first-order valence-electron chi connectivity index (χ1n) is 3.88. The lowest BCUT2D eigenvalue weighted by molar-refractivity contribution is 0.0966. The number of rotatable bonds is 2. The number of Topliss-reactive ketones (excluding diaryl/α,β-unsaturated/α-hetero) is 1. The number of hydrogen-bond donors (Lipinski definition) is 1. The molecule has 0 bridgehead atoms. The molecule has 0 spiro atoms. The topological polar surface area (TPSA) is 43.1 Å². The molecule has 0 aliphatic heterocycles.